The van der Waals surface area contributed by atoms with Crippen LogP contribution in [0.4, 0.5) is 5.82 Å². The standard InChI is InChI=1S/C14H17N3O/c1-3-8-17(2)14-12-9-11(13(15)18)5-4-10(12)6-7-16-14/h4-7,9H,3,8H2,1-2H3,(H2,15,18). The second-order valence-corrected chi connectivity index (χ2v) is 4.36. The third kappa shape index (κ3) is 2.27. The van der Waals surface area contributed by atoms with Gasteiger partial charge in [0.2, 0.25) is 5.91 Å². The predicted molar refractivity (Wildman–Crippen MR) is 73.8 cm³/mol. The average molecular weight is 243 g/mol. The number of carbonyl (C=O) groups is 1. The van der Waals surface area contributed by atoms with Gasteiger partial charge in [-0.25, -0.2) is 4.98 Å². The van der Waals surface area contributed by atoms with Crippen LogP contribution in [0.15, 0.2) is 30.5 Å². The lowest BCUT2D eigenvalue weighted by Gasteiger charge is -2.19. The summed E-state index contributed by atoms with van der Waals surface area (Å²) in [5.74, 6) is 0.474. The molecule has 0 atom stereocenters. The summed E-state index contributed by atoms with van der Waals surface area (Å²) in [5.41, 5.74) is 5.83. The number of hydrogen-bond acceptors (Lipinski definition) is 3. The summed E-state index contributed by atoms with van der Waals surface area (Å²) in [6.45, 7) is 3.05. The van der Waals surface area contributed by atoms with Crippen molar-refractivity contribution in [3.8, 4) is 0 Å². The van der Waals surface area contributed by atoms with Crippen molar-refractivity contribution in [2.24, 2.45) is 5.73 Å². The molecule has 1 amide bonds. The van der Waals surface area contributed by atoms with Gasteiger partial charge in [0.05, 0.1) is 0 Å². The maximum Gasteiger partial charge on any atom is 0.248 e. The topological polar surface area (TPSA) is 59.2 Å². The van der Waals surface area contributed by atoms with E-state index >= 15 is 0 Å². The Bertz CT molecular complexity index is 580. The molecule has 0 unspecified atom stereocenters. The summed E-state index contributed by atoms with van der Waals surface area (Å²) in [6.07, 6.45) is 2.83. The minimum absolute atomic E-state index is 0.412. The summed E-state index contributed by atoms with van der Waals surface area (Å²) in [5, 5.41) is 2.03. The summed E-state index contributed by atoms with van der Waals surface area (Å²) < 4.78 is 0. The molecule has 0 saturated heterocycles. The zero-order valence-corrected chi connectivity index (χ0v) is 10.7. The van der Waals surface area contributed by atoms with Gasteiger partial charge in [-0.1, -0.05) is 13.0 Å². The number of nitrogens with two attached hydrogens (primary N) is 1. The minimum atomic E-state index is -0.412. The van der Waals surface area contributed by atoms with Crippen LogP contribution in [-0.4, -0.2) is 24.5 Å². The lowest BCUT2D eigenvalue weighted by Crippen LogP contribution is -2.19. The second kappa shape index (κ2) is 5.04. The van der Waals surface area contributed by atoms with Crippen molar-refractivity contribution in [3.05, 3.63) is 36.0 Å². The van der Waals surface area contributed by atoms with Crippen LogP contribution < -0.4 is 10.6 Å². The van der Waals surface area contributed by atoms with Gasteiger partial charge in [0, 0.05) is 30.7 Å². The van der Waals surface area contributed by atoms with Gasteiger partial charge in [-0.2, -0.15) is 0 Å². The Balaban J connectivity index is 2.58. The number of benzene rings is 1. The van der Waals surface area contributed by atoms with Crippen LogP contribution in [-0.2, 0) is 0 Å². The molecule has 1 aromatic carbocycles. The van der Waals surface area contributed by atoms with Crippen LogP contribution in [0.5, 0.6) is 0 Å². The molecule has 2 aromatic rings. The number of anilines is 1. The number of pyridine rings is 1. The summed E-state index contributed by atoms with van der Waals surface area (Å²) in [7, 11) is 2.00. The largest absolute Gasteiger partial charge is 0.366 e. The van der Waals surface area contributed by atoms with E-state index in [0.717, 1.165) is 29.6 Å². The van der Waals surface area contributed by atoms with Crippen LogP contribution in [0.1, 0.15) is 23.7 Å². The number of primary amides is 1. The lowest BCUT2D eigenvalue weighted by atomic mass is 10.1. The summed E-state index contributed by atoms with van der Waals surface area (Å²) in [4.78, 5) is 17.7. The van der Waals surface area contributed by atoms with E-state index in [1.807, 2.05) is 25.2 Å². The highest BCUT2D eigenvalue weighted by Gasteiger charge is 2.09. The Morgan fingerprint density at radius 3 is 2.83 bits per heavy atom. The van der Waals surface area contributed by atoms with E-state index in [9.17, 15) is 4.79 Å². The molecule has 94 valence electrons. The fourth-order valence-corrected chi connectivity index (χ4v) is 2.05. The van der Waals surface area contributed by atoms with Crippen molar-refractivity contribution in [1.29, 1.82) is 0 Å². The zero-order chi connectivity index (χ0) is 13.1. The molecule has 2 rings (SSSR count). The van der Waals surface area contributed by atoms with E-state index in [1.165, 1.54) is 0 Å². The van der Waals surface area contributed by atoms with E-state index in [1.54, 1.807) is 12.3 Å². The van der Waals surface area contributed by atoms with Gasteiger partial charge in [-0.05, 0) is 30.0 Å². The van der Waals surface area contributed by atoms with Crippen molar-refractivity contribution >= 4 is 22.5 Å². The molecule has 1 aromatic heterocycles. The first-order valence-electron chi connectivity index (χ1n) is 6.03. The van der Waals surface area contributed by atoms with Crippen LogP contribution in [0.25, 0.3) is 10.8 Å². The van der Waals surface area contributed by atoms with Crippen LogP contribution >= 0.6 is 0 Å². The molecule has 0 fully saturated rings. The smallest absolute Gasteiger partial charge is 0.248 e. The molecule has 0 spiro atoms. The molecule has 0 aliphatic rings. The highest BCUT2D eigenvalue weighted by atomic mass is 16.1. The monoisotopic (exact) mass is 243 g/mol. The number of aromatic nitrogens is 1. The predicted octanol–water partition coefficient (Wildman–Crippen LogP) is 2.18. The molecule has 4 nitrogen and oxygen atoms in total. The average Bonchev–Trinajstić information content (AvgIpc) is 2.37. The molecule has 0 bridgehead atoms. The van der Waals surface area contributed by atoms with Crippen LogP contribution in [0, 0.1) is 0 Å². The third-order valence-corrected chi connectivity index (χ3v) is 2.95. The molecule has 18 heavy (non-hydrogen) atoms. The van der Waals surface area contributed by atoms with Crippen LogP contribution in [0.2, 0.25) is 0 Å². The molecular formula is C14H17N3O. The van der Waals surface area contributed by atoms with Crippen molar-refractivity contribution in [3.63, 3.8) is 0 Å². The Morgan fingerprint density at radius 2 is 2.17 bits per heavy atom. The SMILES string of the molecule is CCCN(C)c1nccc2ccc(C(N)=O)cc12. The highest BCUT2D eigenvalue weighted by Crippen LogP contribution is 2.24. The molecule has 0 radical (unpaired) electrons. The van der Waals surface area contributed by atoms with Crippen molar-refractivity contribution in [2.45, 2.75) is 13.3 Å². The van der Waals surface area contributed by atoms with Gasteiger partial charge in [0.25, 0.3) is 0 Å². The lowest BCUT2D eigenvalue weighted by molar-refractivity contribution is 0.100. The first kappa shape index (κ1) is 12.4. The van der Waals surface area contributed by atoms with E-state index in [2.05, 4.69) is 16.8 Å². The molecule has 0 aliphatic heterocycles. The number of rotatable bonds is 4. The van der Waals surface area contributed by atoms with Crippen molar-refractivity contribution < 1.29 is 4.79 Å². The Kier molecular flexibility index (Phi) is 3.46. The quantitative estimate of drug-likeness (QED) is 0.895. The van der Waals surface area contributed by atoms with Gasteiger partial charge >= 0.3 is 0 Å². The third-order valence-electron chi connectivity index (χ3n) is 2.95. The van der Waals surface area contributed by atoms with Gasteiger partial charge in [-0.3, -0.25) is 4.79 Å². The van der Waals surface area contributed by atoms with Gasteiger partial charge in [0.1, 0.15) is 5.82 Å². The van der Waals surface area contributed by atoms with Crippen LogP contribution in [0.3, 0.4) is 0 Å². The number of carbonyl (C=O) groups excluding carboxylic acids is 1. The Labute approximate surface area is 106 Å². The number of hydrogen-bond donors (Lipinski definition) is 1. The van der Waals surface area contributed by atoms with E-state index in [4.69, 9.17) is 5.73 Å². The molecule has 2 N–H and O–H groups in total. The molecular weight excluding hydrogens is 226 g/mol. The Morgan fingerprint density at radius 1 is 1.39 bits per heavy atom. The number of fused-ring (bicyclic) bond motifs is 1. The van der Waals surface area contributed by atoms with E-state index in [-0.39, 0.29) is 0 Å². The van der Waals surface area contributed by atoms with E-state index < -0.39 is 5.91 Å². The molecule has 0 aliphatic carbocycles. The van der Waals surface area contributed by atoms with Gasteiger partial charge < -0.3 is 10.6 Å². The van der Waals surface area contributed by atoms with Crippen molar-refractivity contribution in [2.75, 3.05) is 18.5 Å². The number of nitrogens with zero attached hydrogens (tertiary/aromatic N) is 2. The highest BCUT2D eigenvalue weighted by molar-refractivity contribution is 6.00. The second-order valence-electron chi connectivity index (χ2n) is 4.36. The Hall–Kier alpha value is -2.10. The van der Waals surface area contributed by atoms with E-state index in [0.29, 0.717) is 5.56 Å². The van der Waals surface area contributed by atoms with Gasteiger partial charge in [-0.15, -0.1) is 0 Å². The summed E-state index contributed by atoms with van der Waals surface area (Å²) in [6, 6.07) is 7.39. The number of amides is 1. The fourth-order valence-electron chi connectivity index (χ4n) is 2.05. The normalized spacial score (nSPS) is 10.6. The fraction of sp³-hybridized carbons (Fsp3) is 0.286. The first-order valence-corrected chi connectivity index (χ1v) is 6.03. The molecule has 4 heteroatoms. The van der Waals surface area contributed by atoms with Crippen molar-refractivity contribution in [1.82, 2.24) is 4.98 Å². The summed E-state index contributed by atoms with van der Waals surface area (Å²) >= 11 is 0. The minimum Gasteiger partial charge on any atom is -0.366 e. The molecule has 0 saturated carbocycles. The maximum atomic E-state index is 11.2. The van der Waals surface area contributed by atoms with Gasteiger partial charge in [0.15, 0.2) is 0 Å². The molecule has 1 heterocycles. The maximum absolute atomic E-state index is 11.2. The zero-order valence-electron chi connectivity index (χ0n) is 10.7. The first-order chi connectivity index (χ1) is 8.63.